The molecule has 0 aromatic heterocycles. The minimum atomic E-state index is -0.483. The molecule has 19 heavy (non-hydrogen) atoms. The third-order valence-electron chi connectivity index (χ3n) is 3.81. The van der Waals surface area contributed by atoms with E-state index in [0.717, 1.165) is 18.8 Å². The molecule has 0 aliphatic heterocycles. The van der Waals surface area contributed by atoms with Crippen LogP contribution in [0.15, 0.2) is 18.2 Å². The van der Waals surface area contributed by atoms with Crippen LogP contribution in [0.2, 0.25) is 0 Å². The second-order valence-electron chi connectivity index (χ2n) is 5.42. The van der Waals surface area contributed by atoms with E-state index >= 15 is 0 Å². The molecule has 1 aromatic rings. The Hall–Kier alpha value is -2.09. The van der Waals surface area contributed by atoms with Gasteiger partial charge < -0.3 is 5.32 Å². The molecule has 0 bridgehead atoms. The monoisotopic (exact) mass is 259 g/mol. The zero-order valence-electron chi connectivity index (χ0n) is 11.1. The Bertz CT molecular complexity index is 528. The SMILES string of the molecule is CC(C)C1CC(Nc2ccc([N+](=O)[O-])cc2C#N)C1. The number of hydrogen-bond acceptors (Lipinski definition) is 4. The third kappa shape index (κ3) is 2.84. The Morgan fingerprint density at radius 2 is 2.16 bits per heavy atom. The molecule has 1 aromatic carbocycles. The Labute approximate surface area is 112 Å². The van der Waals surface area contributed by atoms with Gasteiger partial charge in [0.05, 0.1) is 16.2 Å². The van der Waals surface area contributed by atoms with Crippen LogP contribution < -0.4 is 5.32 Å². The molecule has 1 saturated carbocycles. The van der Waals surface area contributed by atoms with Crippen molar-refractivity contribution in [3.05, 3.63) is 33.9 Å². The van der Waals surface area contributed by atoms with Crippen LogP contribution in [0.4, 0.5) is 11.4 Å². The minimum absolute atomic E-state index is 0.0456. The van der Waals surface area contributed by atoms with E-state index < -0.39 is 4.92 Å². The van der Waals surface area contributed by atoms with Crippen molar-refractivity contribution >= 4 is 11.4 Å². The molecule has 1 aliphatic rings. The van der Waals surface area contributed by atoms with E-state index in [2.05, 4.69) is 19.2 Å². The summed E-state index contributed by atoms with van der Waals surface area (Å²) in [4.78, 5) is 10.2. The molecule has 0 amide bonds. The Kier molecular flexibility index (Phi) is 3.70. The molecule has 1 N–H and O–H groups in total. The molecule has 0 heterocycles. The molecule has 100 valence electrons. The predicted octanol–water partition coefficient (Wildman–Crippen LogP) is 3.31. The first-order chi connectivity index (χ1) is 9.01. The number of nitro benzene ring substituents is 1. The Balaban J connectivity index is 2.06. The summed E-state index contributed by atoms with van der Waals surface area (Å²) in [5.74, 6) is 1.42. The van der Waals surface area contributed by atoms with Gasteiger partial charge in [0.2, 0.25) is 0 Å². The number of non-ortho nitro benzene ring substituents is 1. The third-order valence-corrected chi connectivity index (χ3v) is 3.81. The maximum Gasteiger partial charge on any atom is 0.270 e. The molecular weight excluding hydrogens is 242 g/mol. The predicted molar refractivity (Wildman–Crippen MR) is 72.8 cm³/mol. The minimum Gasteiger partial charge on any atom is -0.381 e. The van der Waals surface area contributed by atoms with Gasteiger partial charge in [0.25, 0.3) is 5.69 Å². The van der Waals surface area contributed by atoms with E-state index in [1.54, 1.807) is 6.07 Å². The first-order valence-corrected chi connectivity index (χ1v) is 6.46. The molecule has 0 radical (unpaired) electrons. The van der Waals surface area contributed by atoms with Gasteiger partial charge in [-0.1, -0.05) is 13.8 Å². The van der Waals surface area contributed by atoms with Crippen molar-refractivity contribution in [2.45, 2.75) is 32.7 Å². The summed E-state index contributed by atoms with van der Waals surface area (Å²) in [7, 11) is 0. The lowest BCUT2D eigenvalue weighted by molar-refractivity contribution is -0.384. The van der Waals surface area contributed by atoms with E-state index in [0.29, 0.717) is 23.2 Å². The van der Waals surface area contributed by atoms with Gasteiger partial charge in [0, 0.05) is 18.2 Å². The summed E-state index contributed by atoms with van der Waals surface area (Å²) in [6.07, 6.45) is 2.19. The molecule has 0 unspecified atom stereocenters. The fraction of sp³-hybridized carbons (Fsp3) is 0.500. The van der Waals surface area contributed by atoms with E-state index in [9.17, 15) is 10.1 Å². The molecule has 5 nitrogen and oxygen atoms in total. The molecule has 2 rings (SSSR count). The molecule has 1 fully saturated rings. The Morgan fingerprint density at radius 1 is 1.47 bits per heavy atom. The van der Waals surface area contributed by atoms with Crippen LogP contribution in [0, 0.1) is 33.3 Å². The lowest BCUT2D eigenvalue weighted by Crippen LogP contribution is -2.38. The van der Waals surface area contributed by atoms with E-state index in [4.69, 9.17) is 5.26 Å². The van der Waals surface area contributed by atoms with Crippen LogP contribution in [0.1, 0.15) is 32.3 Å². The molecule has 0 saturated heterocycles. The van der Waals surface area contributed by atoms with Gasteiger partial charge in [-0.2, -0.15) is 5.26 Å². The zero-order valence-corrected chi connectivity index (χ0v) is 11.1. The van der Waals surface area contributed by atoms with Crippen LogP contribution in [0.5, 0.6) is 0 Å². The van der Waals surface area contributed by atoms with Gasteiger partial charge >= 0.3 is 0 Å². The van der Waals surface area contributed by atoms with Crippen LogP contribution in [-0.4, -0.2) is 11.0 Å². The van der Waals surface area contributed by atoms with Crippen LogP contribution in [0.3, 0.4) is 0 Å². The number of nitriles is 1. The van der Waals surface area contributed by atoms with Crippen LogP contribution >= 0.6 is 0 Å². The highest BCUT2D eigenvalue weighted by Crippen LogP contribution is 2.36. The maximum absolute atomic E-state index is 10.7. The molecule has 1 aliphatic carbocycles. The number of nitro groups is 1. The fourth-order valence-electron chi connectivity index (χ4n) is 2.41. The second kappa shape index (κ2) is 5.27. The van der Waals surface area contributed by atoms with Crippen LogP contribution in [-0.2, 0) is 0 Å². The summed E-state index contributed by atoms with van der Waals surface area (Å²) in [6.45, 7) is 4.43. The number of rotatable bonds is 4. The van der Waals surface area contributed by atoms with Crippen molar-refractivity contribution in [1.29, 1.82) is 5.26 Å². The topological polar surface area (TPSA) is 79.0 Å². The number of anilines is 1. The normalized spacial score (nSPS) is 21.6. The first-order valence-electron chi connectivity index (χ1n) is 6.46. The smallest absolute Gasteiger partial charge is 0.270 e. The van der Waals surface area contributed by atoms with E-state index in [1.165, 1.54) is 12.1 Å². The highest BCUT2D eigenvalue weighted by atomic mass is 16.6. The first kappa shape index (κ1) is 13.3. The van der Waals surface area contributed by atoms with Gasteiger partial charge in [-0.05, 0) is 30.7 Å². The Morgan fingerprint density at radius 3 is 2.68 bits per heavy atom. The van der Waals surface area contributed by atoms with Crippen molar-refractivity contribution in [3.8, 4) is 6.07 Å². The average molecular weight is 259 g/mol. The largest absolute Gasteiger partial charge is 0.381 e. The lowest BCUT2D eigenvalue weighted by Gasteiger charge is -2.39. The molecule has 0 spiro atoms. The number of benzene rings is 1. The lowest BCUT2D eigenvalue weighted by atomic mass is 9.73. The van der Waals surface area contributed by atoms with Crippen molar-refractivity contribution in [2.75, 3.05) is 5.32 Å². The van der Waals surface area contributed by atoms with Gasteiger partial charge in [-0.15, -0.1) is 0 Å². The highest BCUT2D eigenvalue weighted by molar-refractivity contribution is 5.61. The summed E-state index contributed by atoms with van der Waals surface area (Å²) in [6, 6.07) is 6.76. The van der Waals surface area contributed by atoms with Crippen LogP contribution in [0.25, 0.3) is 0 Å². The summed E-state index contributed by atoms with van der Waals surface area (Å²) in [5.41, 5.74) is 0.985. The molecule has 0 atom stereocenters. The van der Waals surface area contributed by atoms with Gasteiger partial charge in [-0.25, -0.2) is 0 Å². The van der Waals surface area contributed by atoms with Crippen molar-refractivity contribution < 1.29 is 4.92 Å². The van der Waals surface area contributed by atoms with Gasteiger partial charge in [0.15, 0.2) is 0 Å². The number of nitrogens with one attached hydrogen (secondary N) is 1. The molecular formula is C14H17N3O2. The maximum atomic E-state index is 10.7. The van der Waals surface area contributed by atoms with Crippen molar-refractivity contribution in [1.82, 2.24) is 0 Å². The number of hydrogen-bond donors (Lipinski definition) is 1. The van der Waals surface area contributed by atoms with Crippen molar-refractivity contribution in [3.63, 3.8) is 0 Å². The van der Waals surface area contributed by atoms with E-state index in [-0.39, 0.29) is 5.69 Å². The summed E-state index contributed by atoms with van der Waals surface area (Å²) >= 11 is 0. The highest BCUT2D eigenvalue weighted by Gasteiger charge is 2.31. The zero-order chi connectivity index (χ0) is 14.0. The fourth-order valence-corrected chi connectivity index (χ4v) is 2.41. The van der Waals surface area contributed by atoms with E-state index in [1.807, 2.05) is 6.07 Å². The van der Waals surface area contributed by atoms with Crippen molar-refractivity contribution in [2.24, 2.45) is 11.8 Å². The molecule has 5 heteroatoms. The average Bonchev–Trinajstić information content (AvgIpc) is 2.32. The van der Waals surface area contributed by atoms with Gasteiger partial charge in [0.1, 0.15) is 6.07 Å². The van der Waals surface area contributed by atoms with Gasteiger partial charge in [-0.3, -0.25) is 10.1 Å². The summed E-state index contributed by atoms with van der Waals surface area (Å²) < 4.78 is 0. The standard InChI is InChI=1S/C14H17N3O2/c1-9(2)10-5-12(6-10)16-14-4-3-13(17(18)19)7-11(14)8-15/h3-4,7,9-10,12,16H,5-6H2,1-2H3. The second-order valence-corrected chi connectivity index (χ2v) is 5.42. The quantitative estimate of drug-likeness (QED) is 0.664. The number of nitrogens with zero attached hydrogens (tertiary/aromatic N) is 2. The summed E-state index contributed by atoms with van der Waals surface area (Å²) in [5, 5.41) is 23.0.